The number of hydrogen-bond acceptors (Lipinski definition) is 3. The highest BCUT2D eigenvalue weighted by Crippen LogP contribution is 2.42. The van der Waals surface area contributed by atoms with E-state index in [0.29, 0.717) is 0 Å². The van der Waals surface area contributed by atoms with Gasteiger partial charge in [0.25, 0.3) is 0 Å². The minimum absolute atomic E-state index is 0.102. The van der Waals surface area contributed by atoms with Gasteiger partial charge < -0.3 is 15.1 Å². The zero-order valence-electron chi connectivity index (χ0n) is 12.8. The summed E-state index contributed by atoms with van der Waals surface area (Å²) in [6.45, 7) is 3.09. The highest BCUT2D eigenvalue weighted by molar-refractivity contribution is 5.30. The fraction of sp³-hybridized carbons (Fsp3) is 0.647. The summed E-state index contributed by atoms with van der Waals surface area (Å²) < 4.78 is 0. The lowest BCUT2D eigenvalue weighted by molar-refractivity contribution is -0.0371. The van der Waals surface area contributed by atoms with Crippen molar-refractivity contribution in [3.8, 4) is 5.75 Å². The number of hydrogen-bond donors (Lipinski definition) is 2. The van der Waals surface area contributed by atoms with Crippen LogP contribution in [0.25, 0.3) is 0 Å². The molecule has 0 heterocycles. The molecule has 0 aliphatic heterocycles. The molecular formula is C17H27NO2. The van der Waals surface area contributed by atoms with Gasteiger partial charge in [-0.05, 0) is 63.4 Å². The topological polar surface area (TPSA) is 43.7 Å². The molecule has 2 rings (SSSR count). The molecule has 0 amide bonds. The summed E-state index contributed by atoms with van der Waals surface area (Å²) in [4.78, 5) is 2.13. The second-order valence-electron chi connectivity index (χ2n) is 6.69. The largest absolute Gasteiger partial charge is 0.508 e. The molecule has 1 aromatic rings. The molecule has 0 radical (unpaired) electrons. The quantitative estimate of drug-likeness (QED) is 0.889. The van der Waals surface area contributed by atoms with Gasteiger partial charge in [-0.3, -0.25) is 0 Å². The van der Waals surface area contributed by atoms with E-state index in [1.54, 1.807) is 12.1 Å². The van der Waals surface area contributed by atoms with Gasteiger partial charge in [-0.2, -0.15) is 0 Å². The molecule has 3 nitrogen and oxygen atoms in total. The Balaban J connectivity index is 2.25. The summed E-state index contributed by atoms with van der Waals surface area (Å²) >= 11 is 0. The van der Waals surface area contributed by atoms with Gasteiger partial charge in [0.1, 0.15) is 5.75 Å². The van der Waals surface area contributed by atoms with Gasteiger partial charge in [0.2, 0.25) is 0 Å². The van der Waals surface area contributed by atoms with Crippen molar-refractivity contribution in [1.82, 2.24) is 4.90 Å². The monoisotopic (exact) mass is 277 g/mol. The van der Waals surface area contributed by atoms with Crippen LogP contribution in [0.15, 0.2) is 24.3 Å². The van der Waals surface area contributed by atoms with E-state index in [1.807, 2.05) is 26.2 Å². The Bertz CT molecular complexity index is 419. The Hall–Kier alpha value is -1.06. The second kappa shape index (κ2) is 6.15. The van der Waals surface area contributed by atoms with Gasteiger partial charge in [0.05, 0.1) is 5.60 Å². The second-order valence-corrected chi connectivity index (χ2v) is 6.69. The lowest BCUT2D eigenvalue weighted by Crippen LogP contribution is -2.43. The third kappa shape index (κ3) is 3.53. The molecule has 1 aliphatic carbocycles. The average Bonchev–Trinajstić information content (AvgIpc) is 2.41. The first-order valence-corrected chi connectivity index (χ1v) is 7.57. The number of rotatable bonds is 4. The predicted octanol–water partition coefficient (Wildman–Crippen LogP) is 2.98. The van der Waals surface area contributed by atoms with Crippen molar-refractivity contribution in [2.75, 3.05) is 20.6 Å². The first-order chi connectivity index (χ1) is 9.40. The summed E-state index contributed by atoms with van der Waals surface area (Å²) in [6, 6.07) is 7.32. The van der Waals surface area contributed by atoms with Crippen LogP contribution in [0.3, 0.4) is 0 Å². The molecule has 0 aromatic heterocycles. The number of benzene rings is 1. The third-order valence-electron chi connectivity index (χ3n) is 4.63. The van der Waals surface area contributed by atoms with Crippen molar-refractivity contribution in [1.29, 1.82) is 0 Å². The summed E-state index contributed by atoms with van der Waals surface area (Å²) in [7, 11) is 4.09. The number of likely N-dealkylation sites (N-methyl/N-ethyl adjacent to an activating group) is 1. The van der Waals surface area contributed by atoms with Crippen molar-refractivity contribution >= 4 is 0 Å². The van der Waals surface area contributed by atoms with Crippen LogP contribution in [0, 0.1) is 5.92 Å². The highest BCUT2D eigenvalue weighted by Gasteiger charge is 2.40. The molecule has 1 atom stereocenters. The van der Waals surface area contributed by atoms with E-state index in [9.17, 15) is 10.2 Å². The number of aliphatic hydroxyl groups is 1. The lowest BCUT2D eigenvalue weighted by Gasteiger charge is -2.42. The molecule has 112 valence electrons. The van der Waals surface area contributed by atoms with Crippen LogP contribution in [-0.2, 0) is 0 Å². The minimum Gasteiger partial charge on any atom is -0.508 e. The van der Waals surface area contributed by atoms with Gasteiger partial charge in [0.15, 0.2) is 0 Å². The number of phenolic OH excluding ortho intramolecular Hbond substituents is 1. The Morgan fingerprint density at radius 2 is 1.75 bits per heavy atom. The van der Waals surface area contributed by atoms with E-state index in [4.69, 9.17) is 0 Å². The summed E-state index contributed by atoms with van der Waals surface area (Å²) in [5, 5.41) is 20.6. The molecule has 1 unspecified atom stereocenters. The van der Waals surface area contributed by atoms with Crippen molar-refractivity contribution < 1.29 is 10.2 Å². The lowest BCUT2D eigenvalue weighted by atomic mass is 9.70. The van der Waals surface area contributed by atoms with Crippen molar-refractivity contribution in [3.05, 3.63) is 29.8 Å². The molecule has 1 aliphatic rings. The SMILES string of the molecule is CC1CCC(O)(C(CN(C)C)c2ccc(O)cc2)CC1. The van der Waals surface area contributed by atoms with Gasteiger partial charge >= 0.3 is 0 Å². The smallest absolute Gasteiger partial charge is 0.115 e. The van der Waals surface area contributed by atoms with Crippen LogP contribution in [-0.4, -0.2) is 41.4 Å². The number of nitrogens with zero attached hydrogens (tertiary/aromatic N) is 1. The van der Waals surface area contributed by atoms with E-state index < -0.39 is 5.60 Å². The van der Waals surface area contributed by atoms with Gasteiger partial charge in [-0.15, -0.1) is 0 Å². The van der Waals surface area contributed by atoms with E-state index in [0.717, 1.165) is 43.7 Å². The van der Waals surface area contributed by atoms with Crippen molar-refractivity contribution in [3.63, 3.8) is 0 Å². The van der Waals surface area contributed by atoms with Crippen LogP contribution in [0.4, 0.5) is 0 Å². The molecule has 0 spiro atoms. The zero-order chi connectivity index (χ0) is 14.8. The fourth-order valence-electron chi connectivity index (χ4n) is 3.27. The maximum atomic E-state index is 11.1. The summed E-state index contributed by atoms with van der Waals surface area (Å²) in [5.41, 5.74) is 0.502. The van der Waals surface area contributed by atoms with Crippen molar-refractivity contribution in [2.24, 2.45) is 5.92 Å². The molecule has 20 heavy (non-hydrogen) atoms. The maximum Gasteiger partial charge on any atom is 0.115 e. The molecule has 3 heteroatoms. The van der Waals surface area contributed by atoms with E-state index >= 15 is 0 Å². The van der Waals surface area contributed by atoms with Crippen molar-refractivity contribution in [2.45, 2.75) is 44.1 Å². The molecule has 0 bridgehead atoms. The standard InChI is InChI=1S/C17H27NO2/c1-13-8-10-17(20,11-9-13)16(12-18(2)3)14-4-6-15(19)7-5-14/h4-7,13,16,19-20H,8-12H2,1-3H3. The Kier molecular flexibility index (Phi) is 4.71. The first kappa shape index (κ1) is 15.3. The average molecular weight is 277 g/mol. The van der Waals surface area contributed by atoms with Gasteiger partial charge in [-0.25, -0.2) is 0 Å². The normalized spacial score (nSPS) is 28.6. The van der Waals surface area contributed by atoms with E-state index in [1.165, 1.54) is 0 Å². The summed E-state index contributed by atoms with van der Waals surface area (Å²) in [6.07, 6.45) is 3.93. The fourth-order valence-corrected chi connectivity index (χ4v) is 3.27. The maximum absolute atomic E-state index is 11.1. The Morgan fingerprint density at radius 3 is 2.25 bits per heavy atom. The van der Waals surface area contributed by atoms with Crippen LogP contribution in [0.2, 0.25) is 0 Å². The minimum atomic E-state index is -0.617. The number of aromatic hydroxyl groups is 1. The van der Waals surface area contributed by atoms with E-state index in [2.05, 4.69) is 11.8 Å². The Labute approximate surface area is 122 Å². The van der Waals surface area contributed by atoms with Crippen LogP contribution in [0.5, 0.6) is 5.75 Å². The van der Waals surface area contributed by atoms with E-state index in [-0.39, 0.29) is 11.7 Å². The molecule has 1 fully saturated rings. The third-order valence-corrected chi connectivity index (χ3v) is 4.63. The molecule has 0 saturated heterocycles. The zero-order valence-corrected chi connectivity index (χ0v) is 12.8. The first-order valence-electron chi connectivity index (χ1n) is 7.57. The van der Waals surface area contributed by atoms with Gasteiger partial charge in [-0.1, -0.05) is 19.1 Å². The van der Waals surface area contributed by atoms with Crippen LogP contribution < -0.4 is 0 Å². The molecular weight excluding hydrogens is 250 g/mol. The molecule has 1 aromatic carbocycles. The predicted molar refractivity (Wildman–Crippen MR) is 82.0 cm³/mol. The van der Waals surface area contributed by atoms with Gasteiger partial charge in [0, 0.05) is 12.5 Å². The highest BCUT2D eigenvalue weighted by atomic mass is 16.3. The Morgan fingerprint density at radius 1 is 1.20 bits per heavy atom. The molecule has 2 N–H and O–H groups in total. The van der Waals surface area contributed by atoms with Crippen LogP contribution >= 0.6 is 0 Å². The number of phenols is 1. The summed E-state index contributed by atoms with van der Waals surface area (Å²) in [5.74, 6) is 1.10. The molecule has 1 saturated carbocycles. The van der Waals surface area contributed by atoms with Crippen LogP contribution in [0.1, 0.15) is 44.1 Å².